The summed E-state index contributed by atoms with van der Waals surface area (Å²) in [6.45, 7) is 2.29. The molecule has 0 aromatic heterocycles. The van der Waals surface area contributed by atoms with Crippen LogP contribution < -0.4 is 16.2 Å². The molecule has 3 nitrogen and oxygen atoms in total. The van der Waals surface area contributed by atoms with Crippen LogP contribution in [0.25, 0.3) is 0 Å². The fraction of sp³-hybridized carbons (Fsp3) is 1.00. The van der Waals surface area contributed by atoms with Crippen molar-refractivity contribution in [2.24, 2.45) is 0 Å². The van der Waals surface area contributed by atoms with Gasteiger partial charge in [-0.2, -0.15) is 0 Å². The first-order valence-electron chi connectivity index (χ1n) is 3.68. The van der Waals surface area contributed by atoms with Crippen LogP contribution in [0.1, 0.15) is 12.8 Å². The van der Waals surface area contributed by atoms with Crippen LogP contribution in [0.4, 0.5) is 0 Å². The summed E-state index contributed by atoms with van der Waals surface area (Å²) < 4.78 is 0. The van der Waals surface area contributed by atoms with Crippen molar-refractivity contribution in [3.63, 3.8) is 0 Å². The molecule has 0 spiro atoms. The fourth-order valence-electron chi connectivity index (χ4n) is 1.67. The van der Waals surface area contributed by atoms with Crippen LogP contribution in [-0.4, -0.2) is 25.2 Å². The van der Waals surface area contributed by atoms with Crippen molar-refractivity contribution in [1.29, 1.82) is 0 Å². The second kappa shape index (κ2) is 2.25. The van der Waals surface area contributed by atoms with Gasteiger partial charge < -0.3 is 5.32 Å². The number of fused-ring (bicyclic) bond motifs is 1. The smallest absolute Gasteiger partial charge is 0.0378 e. The van der Waals surface area contributed by atoms with E-state index < -0.39 is 0 Å². The van der Waals surface area contributed by atoms with Crippen LogP contribution in [0.15, 0.2) is 0 Å². The highest BCUT2D eigenvalue weighted by Crippen LogP contribution is 2.11. The summed E-state index contributed by atoms with van der Waals surface area (Å²) >= 11 is 0. The van der Waals surface area contributed by atoms with Gasteiger partial charge >= 0.3 is 0 Å². The highest BCUT2D eigenvalue weighted by molar-refractivity contribution is 4.90. The van der Waals surface area contributed by atoms with Crippen LogP contribution in [0.3, 0.4) is 0 Å². The lowest BCUT2D eigenvalue weighted by Crippen LogP contribution is -2.53. The number of hydrogen-bond donors (Lipinski definition) is 3. The largest absolute Gasteiger partial charge is 0.312 e. The van der Waals surface area contributed by atoms with E-state index in [2.05, 4.69) is 16.2 Å². The quantitative estimate of drug-likeness (QED) is 0.399. The van der Waals surface area contributed by atoms with Crippen molar-refractivity contribution in [3.8, 4) is 0 Å². The number of hydrazine groups is 1. The van der Waals surface area contributed by atoms with Gasteiger partial charge in [0.05, 0.1) is 0 Å². The standard InChI is InChI=1S/C6H13N3/c1-3-7-5-2-4-8-9-6(1)5/h5-9H,1-4H2. The van der Waals surface area contributed by atoms with Gasteiger partial charge in [-0.3, -0.25) is 10.9 Å². The van der Waals surface area contributed by atoms with E-state index >= 15 is 0 Å². The summed E-state index contributed by atoms with van der Waals surface area (Å²) in [4.78, 5) is 0. The fourth-order valence-corrected chi connectivity index (χ4v) is 1.67. The highest BCUT2D eigenvalue weighted by atomic mass is 15.4. The van der Waals surface area contributed by atoms with E-state index in [0.29, 0.717) is 6.04 Å². The Bertz CT molecular complexity index is 92.5. The van der Waals surface area contributed by atoms with E-state index in [1.165, 1.54) is 19.4 Å². The molecule has 2 fully saturated rings. The predicted molar refractivity (Wildman–Crippen MR) is 36.0 cm³/mol. The summed E-state index contributed by atoms with van der Waals surface area (Å²) in [6, 6.07) is 1.44. The highest BCUT2D eigenvalue weighted by Gasteiger charge is 2.28. The molecule has 2 unspecified atom stereocenters. The van der Waals surface area contributed by atoms with Crippen molar-refractivity contribution in [1.82, 2.24) is 16.2 Å². The van der Waals surface area contributed by atoms with Gasteiger partial charge in [0.2, 0.25) is 0 Å². The second-order valence-electron chi connectivity index (χ2n) is 2.82. The lowest BCUT2D eigenvalue weighted by atomic mass is 10.1. The molecular weight excluding hydrogens is 114 g/mol. The van der Waals surface area contributed by atoms with Gasteiger partial charge in [0.15, 0.2) is 0 Å². The second-order valence-corrected chi connectivity index (χ2v) is 2.82. The zero-order chi connectivity index (χ0) is 6.10. The first-order chi connectivity index (χ1) is 4.47. The SMILES string of the molecule is C1CC2NCCC2NN1. The van der Waals surface area contributed by atoms with E-state index in [0.717, 1.165) is 12.6 Å². The minimum Gasteiger partial charge on any atom is -0.312 e. The zero-order valence-corrected chi connectivity index (χ0v) is 5.48. The maximum Gasteiger partial charge on any atom is 0.0378 e. The summed E-state index contributed by atoms with van der Waals surface area (Å²) in [7, 11) is 0. The Labute approximate surface area is 55.2 Å². The van der Waals surface area contributed by atoms with Crippen LogP contribution in [-0.2, 0) is 0 Å². The van der Waals surface area contributed by atoms with Gasteiger partial charge in [-0.15, -0.1) is 0 Å². The first kappa shape index (κ1) is 5.65. The Morgan fingerprint density at radius 1 is 1.00 bits per heavy atom. The van der Waals surface area contributed by atoms with Crippen LogP contribution >= 0.6 is 0 Å². The molecule has 3 N–H and O–H groups in total. The molecule has 0 saturated carbocycles. The molecule has 0 bridgehead atoms. The third-order valence-electron chi connectivity index (χ3n) is 2.22. The Balaban J connectivity index is 1.97. The minimum absolute atomic E-state index is 0.693. The summed E-state index contributed by atoms with van der Waals surface area (Å²) in [6.07, 6.45) is 2.55. The molecule has 0 aliphatic carbocycles. The molecule has 0 amide bonds. The van der Waals surface area contributed by atoms with Gasteiger partial charge in [0, 0.05) is 18.6 Å². The normalized spacial score (nSPS) is 42.7. The van der Waals surface area contributed by atoms with Crippen molar-refractivity contribution in [3.05, 3.63) is 0 Å². The number of rotatable bonds is 0. The van der Waals surface area contributed by atoms with E-state index in [1.54, 1.807) is 0 Å². The Morgan fingerprint density at radius 3 is 2.78 bits per heavy atom. The van der Waals surface area contributed by atoms with Crippen molar-refractivity contribution in [2.45, 2.75) is 24.9 Å². The van der Waals surface area contributed by atoms with Crippen molar-refractivity contribution >= 4 is 0 Å². The van der Waals surface area contributed by atoms with Gasteiger partial charge in [0.1, 0.15) is 0 Å². The predicted octanol–water partition coefficient (Wildman–Crippen LogP) is -0.785. The lowest BCUT2D eigenvalue weighted by Gasteiger charge is -2.26. The van der Waals surface area contributed by atoms with E-state index in [4.69, 9.17) is 0 Å². The third kappa shape index (κ3) is 0.956. The third-order valence-corrected chi connectivity index (χ3v) is 2.22. The van der Waals surface area contributed by atoms with Gasteiger partial charge in [-0.25, -0.2) is 0 Å². The molecule has 2 heterocycles. The molecule has 2 aliphatic heterocycles. The summed E-state index contributed by atoms with van der Waals surface area (Å²) in [5.41, 5.74) is 6.43. The molecule has 0 radical (unpaired) electrons. The lowest BCUT2D eigenvalue weighted by molar-refractivity contribution is 0.316. The Hall–Kier alpha value is -0.120. The summed E-state index contributed by atoms with van der Waals surface area (Å²) in [5, 5.41) is 3.46. The Kier molecular flexibility index (Phi) is 1.41. The van der Waals surface area contributed by atoms with E-state index in [-0.39, 0.29) is 0 Å². The maximum absolute atomic E-state index is 3.46. The van der Waals surface area contributed by atoms with Crippen molar-refractivity contribution in [2.75, 3.05) is 13.1 Å². The molecule has 2 saturated heterocycles. The number of hydrogen-bond acceptors (Lipinski definition) is 3. The molecule has 3 heteroatoms. The van der Waals surface area contributed by atoms with Crippen LogP contribution in [0, 0.1) is 0 Å². The zero-order valence-electron chi connectivity index (χ0n) is 5.48. The van der Waals surface area contributed by atoms with Gasteiger partial charge in [-0.1, -0.05) is 0 Å². The molecule has 0 aromatic rings. The molecule has 52 valence electrons. The van der Waals surface area contributed by atoms with Crippen molar-refractivity contribution < 1.29 is 0 Å². The monoisotopic (exact) mass is 127 g/mol. The molecule has 9 heavy (non-hydrogen) atoms. The Morgan fingerprint density at radius 2 is 1.89 bits per heavy atom. The maximum atomic E-state index is 3.46. The van der Waals surface area contributed by atoms with Gasteiger partial charge in [0.25, 0.3) is 0 Å². The average Bonchev–Trinajstić information content (AvgIpc) is 2.33. The molecule has 0 aromatic carbocycles. The molecular formula is C6H13N3. The first-order valence-corrected chi connectivity index (χ1v) is 3.68. The summed E-state index contributed by atoms with van der Waals surface area (Å²) in [5.74, 6) is 0. The van der Waals surface area contributed by atoms with Gasteiger partial charge in [-0.05, 0) is 19.4 Å². The minimum atomic E-state index is 0.693. The van der Waals surface area contributed by atoms with Crippen LogP contribution in [0.2, 0.25) is 0 Å². The van der Waals surface area contributed by atoms with E-state index in [1.807, 2.05) is 0 Å². The number of nitrogens with one attached hydrogen (secondary N) is 3. The topological polar surface area (TPSA) is 36.1 Å². The molecule has 2 atom stereocenters. The molecule has 2 rings (SSSR count). The average molecular weight is 127 g/mol. The van der Waals surface area contributed by atoms with Crippen LogP contribution in [0.5, 0.6) is 0 Å². The molecule has 2 aliphatic rings. The van der Waals surface area contributed by atoms with E-state index in [9.17, 15) is 0 Å².